The maximum Gasteiger partial charge on any atom is 0.251 e. The van der Waals surface area contributed by atoms with Gasteiger partial charge in [-0.3, -0.25) is 4.79 Å². The molecule has 0 saturated carbocycles. The molecule has 3 rings (SSSR count). The van der Waals surface area contributed by atoms with Crippen molar-refractivity contribution in [3.05, 3.63) is 113 Å². The van der Waals surface area contributed by atoms with E-state index in [-0.39, 0.29) is 11.9 Å². The van der Waals surface area contributed by atoms with Crippen molar-refractivity contribution in [2.24, 2.45) is 0 Å². The number of aryl methyl sites for hydroxylation is 1. The maximum absolute atomic E-state index is 12.7. The van der Waals surface area contributed by atoms with Crippen LogP contribution in [0.2, 0.25) is 5.02 Å². The van der Waals surface area contributed by atoms with Crippen LogP contribution in [0.1, 0.15) is 39.5 Å². The second-order valence-corrected chi connectivity index (χ2v) is 6.83. The molecule has 0 spiro atoms. The second kappa shape index (κ2) is 9.20. The number of carbonyl (C=O) groups is 1. The molecule has 0 aliphatic heterocycles. The van der Waals surface area contributed by atoms with Crippen LogP contribution in [0.25, 0.3) is 6.08 Å². The topological polar surface area (TPSA) is 29.1 Å². The Bertz CT molecular complexity index is 903. The van der Waals surface area contributed by atoms with Crippen LogP contribution >= 0.6 is 11.6 Å². The summed E-state index contributed by atoms with van der Waals surface area (Å²) in [4.78, 5) is 12.7. The molecule has 0 aliphatic carbocycles. The van der Waals surface area contributed by atoms with Crippen molar-refractivity contribution in [1.29, 1.82) is 0 Å². The minimum atomic E-state index is -0.109. The Morgan fingerprint density at radius 3 is 2.33 bits per heavy atom. The van der Waals surface area contributed by atoms with Crippen molar-refractivity contribution in [3.63, 3.8) is 0 Å². The van der Waals surface area contributed by atoms with Gasteiger partial charge in [-0.05, 0) is 53.8 Å². The van der Waals surface area contributed by atoms with Crippen LogP contribution in [0, 0.1) is 0 Å². The van der Waals surface area contributed by atoms with Gasteiger partial charge in [0.25, 0.3) is 5.91 Å². The largest absolute Gasteiger partial charge is 0.345 e. The summed E-state index contributed by atoms with van der Waals surface area (Å²) in [6.45, 7) is 3.91. The van der Waals surface area contributed by atoms with Gasteiger partial charge in [-0.1, -0.05) is 78.9 Å². The predicted octanol–water partition coefficient (Wildman–Crippen LogP) is 6.09. The van der Waals surface area contributed by atoms with Gasteiger partial charge in [0.05, 0.1) is 6.04 Å². The molecule has 1 amide bonds. The van der Waals surface area contributed by atoms with Gasteiger partial charge < -0.3 is 5.32 Å². The standard InChI is InChI=1S/C24H22ClNO/c1-2-19-8-6-7-11-22(19)23(17-14-18-12-15-21(25)16-13-18)26-24(27)20-9-4-3-5-10-20/h2-13,15-16,23H,1,14,17H2,(H,26,27). The summed E-state index contributed by atoms with van der Waals surface area (Å²) in [5, 5.41) is 3.92. The van der Waals surface area contributed by atoms with Crippen LogP contribution in [0.15, 0.2) is 85.4 Å². The quantitative estimate of drug-likeness (QED) is 0.532. The first-order valence-corrected chi connectivity index (χ1v) is 9.37. The van der Waals surface area contributed by atoms with Gasteiger partial charge in [0.2, 0.25) is 0 Å². The van der Waals surface area contributed by atoms with E-state index in [9.17, 15) is 4.79 Å². The van der Waals surface area contributed by atoms with Crippen molar-refractivity contribution in [2.75, 3.05) is 0 Å². The minimum Gasteiger partial charge on any atom is -0.345 e. The van der Waals surface area contributed by atoms with E-state index in [1.54, 1.807) is 0 Å². The molecule has 0 aliphatic rings. The van der Waals surface area contributed by atoms with Crippen LogP contribution in [0.4, 0.5) is 0 Å². The Kier molecular flexibility index (Phi) is 6.45. The SMILES string of the molecule is C=Cc1ccccc1C(CCc1ccc(Cl)cc1)NC(=O)c1ccccc1. The fraction of sp³-hybridized carbons (Fsp3) is 0.125. The molecule has 1 unspecified atom stereocenters. The van der Waals surface area contributed by atoms with E-state index < -0.39 is 0 Å². The van der Waals surface area contributed by atoms with Gasteiger partial charge in [0.1, 0.15) is 0 Å². The molecule has 1 atom stereocenters. The molecule has 3 aromatic carbocycles. The lowest BCUT2D eigenvalue weighted by Crippen LogP contribution is -2.29. The van der Waals surface area contributed by atoms with Crippen molar-refractivity contribution < 1.29 is 4.79 Å². The fourth-order valence-electron chi connectivity index (χ4n) is 3.11. The normalized spacial score (nSPS) is 11.6. The number of hydrogen-bond acceptors (Lipinski definition) is 1. The lowest BCUT2D eigenvalue weighted by atomic mass is 9.94. The summed E-state index contributed by atoms with van der Waals surface area (Å²) in [7, 11) is 0. The van der Waals surface area contributed by atoms with Crippen LogP contribution in [0.3, 0.4) is 0 Å². The molecule has 2 nitrogen and oxygen atoms in total. The van der Waals surface area contributed by atoms with E-state index in [4.69, 9.17) is 11.6 Å². The smallest absolute Gasteiger partial charge is 0.251 e. The zero-order chi connectivity index (χ0) is 19.1. The molecule has 0 saturated heterocycles. The molecule has 3 heteroatoms. The second-order valence-electron chi connectivity index (χ2n) is 6.39. The van der Waals surface area contributed by atoms with Gasteiger partial charge in [-0.25, -0.2) is 0 Å². The lowest BCUT2D eigenvalue weighted by molar-refractivity contribution is 0.0934. The molecule has 27 heavy (non-hydrogen) atoms. The summed E-state index contributed by atoms with van der Waals surface area (Å²) in [6, 6.07) is 25.1. The van der Waals surface area contributed by atoms with Crippen molar-refractivity contribution in [3.8, 4) is 0 Å². The molecule has 136 valence electrons. The maximum atomic E-state index is 12.7. The highest BCUT2D eigenvalue weighted by Gasteiger charge is 2.17. The highest BCUT2D eigenvalue weighted by atomic mass is 35.5. The lowest BCUT2D eigenvalue weighted by Gasteiger charge is -2.21. The highest BCUT2D eigenvalue weighted by Crippen LogP contribution is 2.25. The minimum absolute atomic E-state index is 0.0735. The molecule has 0 aromatic heterocycles. The average molecular weight is 376 g/mol. The van der Waals surface area contributed by atoms with Gasteiger partial charge in [0, 0.05) is 10.6 Å². The van der Waals surface area contributed by atoms with E-state index in [2.05, 4.69) is 18.0 Å². The van der Waals surface area contributed by atoms with Gasteiger partial charge in [-0.15, -0.1) is 0 Å². The van der Waals surface area contributed by atoms with Crippen molar-refractivity contribution in [2.45, 2.75) is 18.9 Å². The first-order valence-electron chi connectivity index (χ1n) is 8.99. The number of rotatable bonds is 7. The summed E-state index contributed by atoms with van der Waals surface area (Å²) < 4.78 is 0. The van der Waals surface area contributed by atoms with Crippen molar-refractivity contribution >= 4 is 23.6 Å². The summed E-state index contributed by atoms with van der Waals surface area (Å²) >= 11 is 5.98. The molecular formula is C24H22ClNO. The number of carbonyl (C=O) groups excluding carboxylic acids is 1. The first kappa shape index (κ1) is 18.9. The van der Waals surface area contributed by atoms with E-state index in [1.165, 1.54) is 5.56 Å². The van der Waals surface area contributed by atoms with Crippen LogP contribution < -0.4 is 5.32 Å². The van der Waals surface area contributed by atoms with Crippen molar-refractivity contribution in [1.82, 2.24) is 5.32 Å². The molecule has 0 fully saturated rings. The van der Waals surface area contributed by atoms with Crippen LogP contribution in [0.5, 0.6) is 0 Å². The Morgan fingerprint density at radius 1 is 0.963 bits per heavy atom. The fourth-order valence-corrected chi connectivity index (χ4v) is 3.24. The summed E-state index contributed by atoms with van der Waals surface area (Å²) in [6.07, 6.45) is 3.45. The Labute approximate surface area is 165 Å². The Morgan fingerprint density at radius 2 is 1.63 bits per heavy atom. The zero-order valence-corrected chi connectivity index (χ0v) is 15.8. The Balaban J connectivity index is 1.83. The van der Waals surface area contributed by atoms with Gasteiger partial charge in [0.15, 0.2) is 0 Å². The van der Waals surface area contributed by atoms with Crippen LogP contribution in [-0.2, 0) is 6.42 Å². The molecule has 0 radical (unpaired) electrons. The summed E-state index contributed by atoms with van der Waals surface area (Å²) in [5.41, 5.74) is 3.96. The van der Waals surface area contributed by atoms with Gasteiger partial charge >= 0.3 is 0 Å². The monoisotopic (exact) mass is 375 g/mol. The third kappa shape index (κ3) is 5.08. The molecule has 0 bridgehead atoms. The third-order valence-corrected chi connectivity index (χ3v) is 4.82. The number of halogens is 1. The summed E-state index contributed by atoms with van der Waals surface area (Å²) in [5.74, 6) is -0.0735. The van der Waals surface area contributed by atoms with E-state index in [0.29, 0.717) is 5.56 Å². The highest BCUT2D eigenvalue weighted by molar-refractivity contribution is 6.30. The van der Waals surface area contributed by atoms with Gasteiger partial charge in [-0.2, -0.15) is 0 Å². The van der Waals surface area contributed by atoms with E-state index in [0.717, 1.165) is 29.0 Å². The molecule has 3 aromatic rings. The molecule has 0 heterocycles. The zero-order valence-electron chi connectivity index (χ0n) is 15.1. The predicted molar refractivity (Wildman–Crippen MR) is 113 cm³/mol. The number of benzene rings is 3. The number of amides is 1. The van der Waals surface area contributed by atoms with Crippen LogP contribution in [-0.4, -0.2) is 5.91 Å². The average Bonchev–Trinajstić information content (AvgIpc) is 2.72. The molecular weight excluding hydrogens is 354 g/mol. The Hall–Kier alpha value is -2.84. The van der Waals surface area contributed by atoms with E-state index in [1.807, 2.05) is 78.9 Å². The van der Waals surface area contributed by atoms with E-state index >= 15 is 0 Å². The number of hydrogen-bond donors (Lipinski definition) is 1. The third-order valence-electron chi connectivity index (χ3n) is 4.57. The number of nitrogens with one attached hydrogen (secondary N) is 1. The molecule has 1 N–H and O–H groups in total. The first-order chi connectivity index (χ1) is 13.2.